The molecule has 130 valence electrons. The monoisotopic (exact) mass is 348 g/mol. The number of alkyl halides is 3. The normalized spacial score (nSPS) is 11.3. The summed E-state index contributed by atoms with van der Waals surface area (Å²) in [4.78, 5) is 22.9. The van der Waals surface area contributed by atoms with Gasteiger partial charge in [-0.05, 0) is 23.3 Å². The van der Waals surface area contributed by atoms with E-state index in [0.29, 0.717) is 11.3 Å². The van der Waals surface area contributed by atoms with Gasteiger partial charge >= 0.3 is 12.1 Å². The highest BCUT2D eigenvalue weighted by Crippen LogP contribution is 2.18. The molecule has 2 rings (SSSR count). The number of halogens is 3. The molecule has 0 aliphatic carbocycles. The minimum Gasteiger partial charge on any atom is -0.344 e. The second-order valence-corrected chi connectivity index (χ2v) is 5.07. The third kappa shape index (κ3) is 5.80. The smallest absolute Gasteiger partial charge is 0.344 e. The number of anilines is 1. The molecule has 2 N–H and O–H groups in total. The van der Waals surface area contributed by atoms with Crippen LogP contribution in [-0.4, -0.2) is 18.0 Å². The molecule has 2 aromatic carbocycles. The maximum Gasteiger partial charge on any atom is 0.471 e. The minimum atomic E-state index is -4.95. The molecular formula is C18H15F3N2O2. The molecule has 0 radical (unpaired) electrons. The lowest BCUT2D eigenvalue weighted by molar-refractivity contribution is -0.173. The Kier molecular flexibility index (Phi) is 5.94. The summed E-state index contributed by atoms with van der Waals surface area (Å²) < 4.78 is 36.7. The summed E-state index contributed by atoms with van der Waals surface area (Å²) in [5.41, 5.74) is 1.53. The number of benzene rings is 2. The average Bonchev–Trinajstić information content (AvgIpc) is 2.59. The predicted molar refractivity (Wildman–Crippen MR) is 88.4 cm³/mol. The topological polar surface area (TPSA) is 58.2 Å². The van der Waals surface area contributed by atoms with Crippen molar-refractivity contribution >= 4 is 23.6 Å². The molecule has 0 fully saturated rings. The molecule has 2 amide bonds. The van der Waals surface area contributed by atoms with Gasteiger partial charge in [-0.3, -0.25) is 9.59 Å². The number of nitrogens with one attached hydrogen (secondary N) is 2. The number of rotatable bonds is 5. The SMILES string of the molecule is O=C(/C=C/c1ccccc1)Nc1ccccc1CNC(=O)C(F)(F)F. The van der Waals surface area contributed by atoms with Crippen molar-refractivity contribution in [1.29, 1.82) is 0 Å². The van der Waals surface area contributed by atoms with E-state index in [1.165, 1.54) is 12.1 Å². The van der Waals surface area contributed by atoms with E-state index in [1.54, 1.807) is 29.6 Å². The Morgan fingerprint density at radius 3 is 2.28 bits per heavy atom. The van der Waals surface area contributed by atoms with Crippen molar-refractivity contribution in [3.63, 3.8) is 0 Å². The molecule has 0 aromatic heterocycles. The Labute approximate surface area is 142 Å². The van der Waals surface area contributed by atoms with E-state index in [4.69, 9.17) is 0 Å². The molecule has 2 aromatic rings. The van der Waals surface area contributed by atoms with Gasteiger partial charge in [0.1, 0.15) is 0 Å². The molecule has 0 saturated carbocycles. The average molecular weight is 348 g/mol. The lowest BCUT2D eigenvalue weighted by atomic mass is 10.1. The Bertz CT molecular complexity index is 771. The summed E-state index contributed by atoms with van der Waals surface area (Å²) in [5.74, 6) is -2.46. The second-order valence-electron chi connectivity index (χ2n) is 5.07. The van der Waals surface area contributed by atoms with E-state index >= 15 is 0 Å². The lowest BCUT2D eigenvalue weighted by Gasteiger charge is -2.12. The van der Waals surface area contributed by atoms with Gasteiger partial charge in [0.15, 0.2) is 0 Å². The molecule has 7 heteroatoms. The predicted octanol–water partition coefficient (Wildman–Crippen LogP) is 3.52. The molecule has 0 saturated heterocycles. The van der Waals surface area contributed by atoms with Gasteiger partial charge in [-0.15, -0.1) is 0 Å². The lowest BCUT2D eigenvalue weighted by Crippen LogP contribution is -2.36. The van der Waals surface area contributed by atoms with Crippen LogP contribution in [0.3, 0.4) is 0 Å². The molecule has 4 nitrogen and oxygen atoms in total. The van der Waals surface area contributed by atoms with Crippen LogP contribution in [0.15, 0.2) is 60.7 Å². The maximum absolute atomic E-state index is 12.2. The van der Waals surface area contributed by atoms with Crippen molar-refractivity contribution in [1.82, 2.24) is 5.32 Å². The van der Waals surface area contributed by atoms with Crippen molar-refractivity contribution in [3.05, 3.63) is 71.8 Å². The van der Waals surface area contributed by atoms with Crippen LogP contribution >= 0.6 is 0 Å². The fraction of sp³-hybridized carbons (Fsp3) is 0.111. The molecule has 0 spiro atoms. The Hall–Kier alpha value is -3.09. The summed E-state index contributed by atoms with van der Waals surface area (Å²) in [6.07, 6.45) is -2.01. The molecule has 0 aliphatic rings. The van der Waals surface area contributed by atoms with Crippen LogP contribution in [0, 0.1) is 0 Å². The van der Waals surface area contributed by atoms with Crippen LogP contribution in [0.2, 0.25) is 0 Å². The van der Waals surface area contributed by atoms with E-state index in [0.717, 1.165) is 5.56 Å². The van der Waals surface area contributed by atoms with Gasteiger partial charge in [0.05, 0.1) is 0 Å². The highest BCUT2D eigenvalue weighted by molar-refractivity contribution is 6.02. The van der Waals surface area contributed by atoms with Crippen molar-refractivity contribution in [3.8, 4) is 0 Å². The van der Waals surface area contributed by atoms with Gasteiger partial charge in [-0.1, -0.05) is 48.5 Å². The van der Waals surface area contributed by atoms with Gasteiger partial charge in [0.25, 0.3) is 0 Å². The number of hydrogen-bond acceptors (Lipinski definition) is 2. The van der Waals surface area contributed by atoms with Gasteiger partial charge < -0.3 is 10.6 Å². The quantitative estimate of drug-likeness (QED) is 0.813. The first kappa shape index (κ1) is 18.3. The van der Waals surface area contributed by atoms with E-state index in [1.807, 2.05) is 30.3 Å². The molecule has 25 heavy (non-hydrogen) atoms. The van der Waals surface area contributed by atoms with Crippen molar-refractivity contribution in [2.75, 3.05) is 5.32 Å². The Balaban J connectivity index is 2.01. The fourth-order valence-corrected chi connectivity index (χ4v) is 1.98. The van der Waals surface area contributed by atoms with Crippen molar-refractivity contribution in [2.45, 2.75) is 12.7 Å². The minimum absolute atomic E-state index is 0.327. The van der Waals surface area contributed by atoms with Crippen LogP contribution in [0.5, 0.6) is 0 Å². The molecule has 0 aliphatic heterocycles. The molecule has 0 atom stereocenters. The number of hydrogen-bond donors (Lipinski definition) is 2. The first-order valence-electron chi connectivity index (χ1n) is 7.33. The van der Waals surface area contributed by atoms with Crippen molar-refractivity contribution in [2.24, 2.45) is 0 Å². The van der Waals surface area contributed by atoms with Gasteiger partial charge in [0.2, 0.25) is 5.91 Å². The van der Waals surface area contributed by atoms with Crippen LogP contribution in [0.25, 0.3) is 6.08 Å². The molecular weight excluding hydrogens is 333 g/mol. The molecule has 0 bridgehead atoms. The van der Waals surface area contributed by atoms with Gasteiger partial charge in [0, 0.05) is 18.3 Å². The Morgan fingerprint density at radius 2 is 1.60 bits per heavy atom. The molecule has 0 unspecified atom stereocenters. The van der Waals surface area contributed by atoms with E-state index in [2.05, 4.69) is 5.32 Å². The number of carbonyl (C=O) groups is 2. The summed E-state index contributed by atoms with van der Waals surface area (Å²) >= 11 is 0. The van der Waals surface area contributed by atoms with E-state index < -0.39 is 18.0 Å². The second kappa shape index (κ2) is 8.14. The van der Waals surface area contributed by atoms with Crippen LogP contribution in [-0.2, 0) is 16.1 Å². The van der Waals surface area contributed by atoms with Crippen LogP contribution in [0.4, 0.5) is 18.9 Å². The van der Waals surface area contributed by atoms with Gasteiger partial charge in [-0.25, -0.2) is 0 Å². The summed E-state index contributed by atoms with van der Waals surface area (Å²) in [7, 11) is 0. The highest BCUT2D eigenvalue weighted by Gasteiger charge is 2.38. The van der Waals surface area contributed by atoms with Crippen LogP contribution < -0.4 is 10.6 Å². The summed E-state index contributed by atoms with van der Waals surface area (Å²) in [6, 6.07) is 15.5. The first-order valence-corrected chi connectivity index (χ1v) is 7.33. The highest BCUT2D eigenvalue weighted by atomic mass is 19.4. The summed E-state index contributed by atoms with van der Waals surface area (Å²) in [6.45, 7) is -0.350. The zero-order valence-electron chi connectivity index (χ0n) is 13.0. The zero-order valence-corrected chi connectivity index (χ0v) is 13.0. The largest absolute Gasteiger partial charge is 0.471 e. The van der Waals surface area contributed by atoms with E-state index in [9.17, 15) is 22.8 Å². The molecule has 0 heterocycles. The fourth-order valence-electron chi connectivity index (χ4n) is 1.98. The standard InChI is InChI=1S/C18H15F3N2O2/c19-18(20,21)17(25)22-12-14-8-4-5-9-15(14)23-16(24)11-10-13-6-2-1-3-7-13/h1-11H,12H2,(H,22,25)(H,23,24)/b11-10+. The number of para-hydroxylation sites is 1. The van der Waals surface area contributed by atoms with E-state index in [-0.39, 0.29) is 6.54 Å². The third-order valence-corrected chi connectivity index (χ3v) is 3.20. The third-order valence-electron chi connectivity index (χ3n) is 3.20. The van der Waals surface area contributed by atoms with Crippen molar-refractivity contribution < 1.29 is 22.8 Å². The zero-order chi connectivity index (χ0) is 18.3. The number of carbonyl (C=O) groups excluding carboxylic acids is 2. The van der Waals surface area contributed by atoms with Gasteiger partial charge in [-0.2, -0.15) is 13.2 Å². The van der Waals surface area contributed by atoms with Crippen LogP contribution in [0.1, 0.15) is 11.1 Å². The first-order chi connectivity index (χ1) is 11.9. The summed E-state index contributed by atoms with van der Waals surface area (Å²) in [5, 5.41) is 4.36. The number of amides is 2. The Morgan fingerprint density at radius 1 is 0.960 bits per heavy atom. The maximum atomic E-state index is 12.2.